The second-order valence-electron chi connectivity index (χ2n) is 9.32. The maximum atomic E-state index is 10.6. The van der Waals surface area contributed by atoms with Crippen molar-refractivity contribution in [1.29, 1.82) is 0 Å². The molecular formula is C32H39NO2U. The van der Waals surface area contributed by atoms with Crippen LogP contribution in [-0.4, -0.2) is 16.9 Å². The second-order valence-corrected chi connectivity index (χ2v) is 9.32. The zero-order chi connectivity index (χ0) is 26.3. The van der Waals surface area contributed by atoms with Gasteiger partial charge in [0, 0.05) is 11.7 Å². The van der Waals surface area contributed by atoms with Crippen LogP contribution in [0.2, 0.25) is 0 Å². The number of para-hydroxylation sites is 1. The van der Waals surface area contributed by atoms with Crippen molar-refractivity contribution in [2.45, 2.75) is 54.1 Å². The van der Waals surface area contributed by atoms with E-state index < -0.39 is 5.60 Å². The largest absolute Gasteiger partial charge is 2.00 e. The molecule has 3 nitrogen and oxygen atoms in total. The smallest absolute Gasteiger partial charge is 0.483 e. The number of aryl methyl sites for hydroxylation is 2. The standard InChI is InChI=1S/C12H13O2.C9H9N.C7H7.C4H10.U/c1-4-10-5-7-11(8-6-10)14-12(2,3)9-13;1-7-3-2-4-8-5-6-10-9(7)8;1-7-5-3-2-4-6-7;1-4(2)3;/h5-9H,1H2,2-3H3;2-6,10H,1H3;2-5H,1H3;4H,1-3H3;/q-1;;-1;;+2. The van der Waals surface area contributed by atoms with Crippen LogP contribution in [0, 0.1) is 63.0 Å². The average molecular weight is 708 g/mol. The van der Waals surface area contributed by atoms with Gasteiger partial charge in [-0.15, -0.1) is 0 Å². The van der Waals surface area contributed by atoms with Gasteiger partial charge >= 0.3 is 31.1 Å². The summed E-state index contributed by atoms with van der Waals surface area (Å²) in [7, 11) is 0. The molecule has 188 valence electrons. The number of aromatic nitrogens is 1. The molecule has 4 aromatic rings. The third kappa shape index (κ3) is 14.1. The Morgan fingerprint density at radius 2 is 1.61 bits per heavy atom. The average Bonchev–Trinajstić information content (AvgIpc) is 3.31. The Morgan fingerprint density at radius 3 is 2.06 bits per heavy atom. The molecule has 0 aliphatic carbocycles. The van der Waals surface area contributed by atoms with Gasteiger partial charge in [-0.2, -0.15) is 66.2 Å². The molecule has 0 spiro atoms. The van der Waals surface area contributed by atoms with Crippen LogP contribution in [0.1, 0.15) is 51.3 Å². The molecule has 0 bridgehead atoms. The molecule has 3 aromatic carbocycles. The predicted octanol–water partition coefficient (Wildman–Crippen LogP) is 8.31. The maximum Gasteiger partial charge on any atom is 2.00 e. The molecule has 36 heavy (non-hydrogen) atoms. The zero-order valence-electron chi connectivity index (χ0n) is 22.7. The summed E-state index contributed by atoms with van der Waals surface area (Å²) >= 11 is 0. The van der Waals surface area contributed by atoms with Crippen LogP contribution in [0.25, 0.3) is 10.9 Å². The van der Waals surface area contributed by atoms with E-state index in [1.807, 2.05) is 49.5 Å². The van der Waals surface area contributed by atoms with Crippen molar-refractivity contribution >= 4 is 17.2 Å². The van der Waals surface area contributed by atoms with Gasteiger partial charge in [-0.1, -0.05) is 58.0 Å². The SMILES string of the molecule is C=[C-]c1ccc(OC(C)(C)C=O)cc1.CC(C)C.Cc1[c-]cccc1.Cc1cccc2cc[nH]c12.[U+2]. The molecule has 4 heteroatoms. The van der Waals surface area contributed by atoms with Crippen molar-refractivity contribution < 1.29 is 40.6 Å². The van der Waals surface area contributed by atoms with Gasteiger partial charge in [0.1, 0.15) is 0 Å². The molecule has 1 N–H and O–H groups in total. The molecule has 0 aliphatic rings. The molecule has 0 atom stereocenters. The number of benzene rings is 3. The fraction of sp³-hybridized carbons (Fsp3) is 0.281. The van der Waals surface area contributed by atoms with E-state index in [-0.39, 0.29) is 31.1 Å². The van der Waals surface area contributed by atoms with Gasteiger partial charge in [0.25, 0.3) is 0 Å². The first-order chi connectivity index (χ1) is 16.6. The van der Waals surface area contributed by atoms with Crippen LogP contribution in [0.4, 0.5) is 0 Å². The number of nitrogens with one attached hydrogen (secondary N) is 1. The molecule has 0 saturated heterocycles. The Bertz CT molecular complexity index is 1130. The van der Waals surface area contributed by atoms with Crippen LogP contribution < -0.4 is 4.74 Å². The van der Waals surface area contributed by atoms with Crippen molar-refractivity contribution in [2.75, 3.05) is 0 Å². The number of ether oxygens (including phenoxy) is 1. The first-order valence-electron chi connectivity index (χ1n) is 11.8. The quantitative estimate of drug-likeness (QED) is 0.171. The van der Waals surface area contributed by atoms with E-state index in [1.54, 1.807) is 26.0 Å². The summed E-state index contributed by atoms with van der Waals surface area (Å²) in [6.45, 7) is 17.6. The predicted molar refractivity (Wildman–Crippen MR) is 149 cm³/mol. The van der Waals surface area contributed by atoms with E-state index in [1.165, 1.54) is 22.0 Å². The summed E-state index contributed by atoms with van der Waals surface area (Å²) in [6.07, 6.45) is 5.50. The molecule has 0 fully saturated rings. The van der Waals surface area contributed by atoms with Gasteiger partial charge in [-0.3, -0.25) is 4.79 Å². The first-order valence-corrected chi connectivity index (χ1v) is 11.8. The monoisotopic (exact) mass is 707 g/mol. The van der Waals surface area contributed by atoms with Crippen LogP contribution >= 0.6 is 0 Å². The summed E-state index contributed by atoms with van der Waals surface area (Å²) in [6, 6.07) is 26.6. The van der Waals surface area contributed by atoms with Gasteiger partial charge in [0.2, 0.25) is 0 Å². The number of carbonyl (C=O) groups excluding carboxylic acids is 1. The summed E-state index contributed by atoms with van der Waals surface area (Å²) in [4.78, 5) is 13.8. The fourth-order valence-corrected chi connectivity index (χ4v) is 2.69. The summed E-state index contributed by atoms with van der Waals surface area (Å²) in [5.41, 5.74) is 3.88. The van der Waals surface area contributed by atoms with Crippen LogP contribution in [0.15, 0.2) is 85.6 Å². The number of fused-ring (bicyclic) bond motifs is 1. The topological polar surface area (TPSA) is 42.1 Å². The van der Waals surface area contributed by atoms with E-state index in [0.29, 0.717) is 5.75 Å². The Morgan fingerprint density at radius 1 is 0.972 bits per heavy atom. The third-order valence-corrected chi connectivity index (χ3v) is 4.38. The van der Waals surface area contributed by atoms with Gasteiger partial charge in [0.15, 0.2) is 11.9 Å². The Labute approximate surface area is 241 Å². The molecule has 0 saturated carbocycles. The third-order valence-electron chi connectivity index (χ3n) is 4.38. The van der Waals surface area contributed by atoms with E-state index in [9.17, 15) is 4.79 Å². The second kappa shape index (κ2) is 17.8. The number of H-pyrrole nitrogens is 1. The maximum absolute atomic E-state index is 10.6. The van der Waals surface area contributed by atoms with E-state index in [0.717, 1.165) is 17.8 Å². The normalized spacial score (nSPS) is 9.78. The summed E-state index contributed by atoms with van der Waals surface area (Å²) < 4.78 is 5.43. The van der Waals surface area contributed by atoms with Crippen molar-refractivity contribution in [3.63, 3.8) is 0 Å². The number of rotatable bonds is 4. The molecular weight excluding hydrogens is 668 g/mol. The Kier molecular flexibility index (Phi) is 16.6. The number of aldehydes is 1. The fourth-order valence-electron chi connectivity index (χ4n) is 2.69. The number of aromatic amines is 1. The van der Waals surface area contributed by atoms with E-state index in [2.05, 4.69) is 75.7 Å². The van der Waals surface area contributed by atoms with Crippen molar-refractivity contribution in [1.82, 2.24) is 4.98 Å². The van der Waals surface area contributed by atoms with Crippen LogP contribution in [-0.2, 0) is 4.79 Å². The Hall–Kier alpha value is -2.54. The molecule has 0 radical (unpaired) electrons. The minimum Gasteiger partial charge on any atom is -0.483 e. The van der Waals surface area contributed by atoms with Gasteiger partial charge in [-0.25, -0.2) is 0 Å². The summed E-state index contributed by atoms with van der Waals surface area (Å²) in [5.74, 6) is 1.50. The number of carbonyl (C=O) groups is 1. The van der Waals surface area contributed by atoms with E-state index in [4.69, 9.17) is 4.74 Å². The molecule has 0 unspecified atom stereocenters. The van der Waals surface area contributed by atoms with Crippen molar-refractivity contribution in [2.24, 2.45) is 5.92 Å². The van der Waals surface area contributed by atoms with Gasteiger partial charge in [-0.05, 0) is 43.7 Å². The molecule has 1 heterocycles. The molecule has 0 amide bonds. The van der Waals surface area contributed by atoms with Gasteiger partial charge < -0.3 is 9.72 Å². The minimum absolute atomic E-state index is 0. The van der Waals surface area contributed by atoms with Crippen molar-refractivity contribution in [3.8, 4) is 5.75 Å². The van der Waals surface area contributed by atoms with Gasteiger partial charge in [0.05, 0.1) is 5.75 Å². The molecule has 0 aliphatic heterocycles. The van der Waals surface area contributed by atoms with Crippen LogP contribution in [0.3, 0.4) is 0 Å². The van der Waals surface area contributed by atoms with E-state index >= 15 is 0 Å². The zero-order valence-corrected chi connectivity index (χ0v) is 26.8. The molecule has 1 aromatic heterocycles. The number of hydrogen-bond donors (Lipinski definition) is 1. The minimum atomic E-state index is -0.778. The van der Waals surface area contributed by atoms with Crippen LogP contribution in [0.5, 0.6) is 5.75 Å². The Balaban J connectivity index is 0.000000488. The molecule has 4 rings (SSSR count). The van der Waals surface area contributed by atoms with Crippen molar-refractivity contribution in [3.05, 3.63) is 114 Å². The number of hydrogen-bond acceptors (Lipinski definition) is 2. The summed E-state index contributed by atoms with van der Waals surface area (Å²) in [5, 5.41) is 1.29. The first kappa shape index (κ1) is 33.5.